The molecular weight excluding hydrogens is 344 g/mol. The lowest BCUT2D eigenvalue weighted by atomic mass is 10.1. The second kappa shape index (κ2) is 7.09. The first-order chi connectivity index (χ1) is 12.7. The minimum Gasteiger partial charge on any atom is -0.479 e. The summed E-state index contributed by atoms with van der Waals surface area (Å²) in [5.74, 6) is 1.46. The Morgan fingerprint density at radius 2 is 1.88 bits per heavy atom. The van der Waals surface area contributed by atoms with Crippen LogP contribution in [0.25, 0.3) is 16.9 Å². The van der Waals surface area contributed by atoms with Crippen molar-refractivity contribution in [1.29, 1.82) is 0 Å². The highest BCUT2D eigenvalue weighted by atomic mass is 32.2. The van der Waals surface area contributed by atoms with Crippen molar-refractivity contribution in [3.8, 4) is 17.1 Å². The first kappa shape index (κ1) is 16.5. The van der Waals surface area contributed by atoms with Gasteiger partial charge in [0, 0.05) is 17.0 Å². The van der Waals surface area contributed by atoms with Crippen LogP contribution in [0.5, 0.6) is 5.88 Å². The number of fused-ring (bicyclic) bond motifs is 1. The van der Waals surface area contributed by atoms with Gasteiger partial charge in [-0.1, -0.05) is 54.2 Å². The number of benzene rings is 2. The van der Waals surface area contributed by atoms with Gasteiger partial charge in [0.2, 0.25) is 5.88 Å². The fraction of sp³-hybridized carbons (Fsp3) is 0.100. The third kappa shape index (κ3) is 3.23. The molecule has 2 aromatic carbocycles. The normalized spacial score (nSPS) is 11.0. The van der Waals surface area contributed by atoms with Crippen molar-refractivity contribution in [2.75, 3.05) is 12.8 Å². The smallest absolute Gasteiger partial charge is 0.243 e. The fourth-order valence-electron chi connectivity index (χ4n) is 2.76. The van der Waals surface area contributed by atoms with Crippen LogP contribution in [0.2, 0.25) is 0 Å². The molecule has 0 atom stereocenters. The molecule has 0 saturated heterocycles. The van der Waals surface area contributed by atoms with E-state index in [1.165, 1.54) is 5.56 Å². The zero-order valence-corrected chi connectivity index (χ0v) is 15.1. The Balaban J connectivity index is 1.69. The zero-order chi connectivity index (χ0) is 17.9. The maximum absolute atomic E-state index is 5.91. The molecule has 0 radical (unpaired) electrons. The number of rotatable bonds is 5. The third-order valence-electron chi connectivity index (χ3n) is 3.99. The molecule has 4 rings (SSSR count). The lowest BCUT2D eigenvalue weighted by Crippen LogP contribution is -1.97. The average Bonchev–Trinajstić information content (AvgIpc) is 3.05. The molecule has 0 spiro atoms. The second-order valence-electron chi connectivity index (χ2n) is 5.81. The van der Waals surface area contributed by atoms with Gasteiger partial charge in [0.25, 0.3) is 0 Å². The van der Waals surface area contributed by atoms with Crippen LogP contribution >= 0.6 is 11.8 Å². The standard InChI is InChI=1S/C20H18N4OS/c1-25-20-19(15-8-5-9-16(21)12-15)22-17-10-11-18(23-24(17)20)26-13-14-6-3-2-4-7-14/h2-12H,13,21H2,1H3. The van der Waals surface area contributed by atoms with E-state index >= 15 is 0 Å². The van der Waals surface area contributed by atoms with Crippen molar-refractivity contribution in [3.05, 3.63) is 72.3 Å². The highest BCUT2D eigenvalue weighted by molar-refractivity contribution is 7.98. The molecule has 0 amide bonds. The van der Waals surface area contributed by atoms with E-state index in [2.05, 4.69) is 17.1 Å². The number of nitrogen functional groups attached to an aromatic ring is 1. The van der Waals surface area contributed by atoms with Gasteiger partial charge in [-0.05, 0) is 29.8 Å². The van der Waals surface area contributed by atoms with Crippen LogP contribution in [-0.2, 0) is 5.75 Å². The summed E-state index contributed by atoms with van der Waals surface area (Å²) in [7, 11) is 1.63. The number of thioether (sulfide) groups is 1. The minimum absolute atomic E-state index is 0.604. The molecule has 0 bridgehead atoms. The van der Waals surface area contributed by atoms with Crippen molar-refractivity contribution < 1.29 is 4.74 Å². The summed E-state index contributed by atoms with van der Waals surface area (Å²) in [6.45, 7) is 0. The quantitative estimate of drug-likeness (QED) is 0.424. The molecule has 2 heterocycles. The van der Waals surface area contributed by atoms with E-state index in [-0.39, 0.29) is 0 Å². The van der Waals surface area contributed by atoms with Crippen LogP contribution in [-0.4, -0.2) is 21.7 Å². The summed E-state index contributed by atoms with van der Waals surface area (Å²) in [5, 5.41) is 5.60. The van der Waals surface area contributed by atoms with Crippen molar-refractivity contribution in [3.63, 3.8) is 0 Å². The fourth-order valence-corrected chi connectivity index (χ4v) is 3.57. The number of methoxy groups -OCH3 is 1. The molecule has 2 N–H and O–H groups in total. The van der Waals surface area contributed by atoms with Crippen molar-refractivity contribution in [2.45, 2.75) is 10.8 Å². The van der Waals surface area contributed by atoms with Gasteiger partial charge in [0.05, 0.1) is 7.11 Å². The predicted molar refractivity (Wildman–Crippen MR) is 105 cm³/mol. The maximum atomic E-state index is 5.91. The van der Waals surface area contributed by atoms with Crippen molar-refractivity contribution >= 4 is 23.1 Å². The lowest BCUT2D eigenvalue weighted by molar-refractivity contribution is 0.387. The molecule has 0 aliphatic rings. The number of aromatic nitrogens is 3. The summed E-state index contributed by atoms with van der Waals surface area (Å²) in [6, 6.07) is 21.9. The van der Waals surface area contributed by atoms with Crippen LogP contribution in [0.3, 0.4) is 0 Å². The van der Waals surface area contributed by atoms with Gasteiger partial charge in [-0.25, -0.2) is 4.98 Å². The van der Waals surface area contributed by atoms with Gasteiger partial charge in [0.15, 0.2) is 5.65 Å². The summed E-state index contributed by atoms with van der Waals surface area (Å²) >= 11 is 1.68. The minimum atomic E-state index is 0.604. The van der Waals surface area contributed by atoms with Gasteiger partial charge in [0.1, 0.15) is 10.7 Å². The summed E-state index contributed by atoms with van der Waals surface area (Å²) in [5.41, 5.74) is 10.2. The molecule has 6 heteroatoms. The van der Waals surface area contributed by atoms with E-state index in [9.17, 15) is 0 Å². The molecular formula is C20H18N4OS. The number of nitrogens with two attached hydrogens (primary N) is 1. The van der Waals surface area contributed by atoms with E-state index < -0.39 is 0 Å². The molecule has 2 aromatic heterocycles. The largest absolute Gasteiger partial charge is 0.479 e. The van der Waals surface area contributed by atoms with Gasteiger partial charge < -0.3 is 10.5 Å². The molecule has 0 aliphatic carbocycles. The first-order valence-corrected chi connectivity index (χ1v) is 9.19. The van der Waals surface area contributed by atoms with Gasteiger partial charge in [-0.3, -0.25) is 0 Å². The number of hydrogen-bond donors (Lipinski definition) is 1. The highest BCUT2D eigenvalue weighted by Gasteiger charge is 2.16. The molecule has 4 aromatic rings. The third-order valence-corrected chi connectivity index (χ3v) is 4.99. The van der Waals surface area contributed by atoms with Crippen LogP contribution in [0.4, 0.5) is 5.69 Å². The van der Waals surface area contributed by atoms with Crippen molar-refractivity contribution in [1.82, 2.24) is 14.6 Å². The monoisotopic (exact) mass is 362 g/mol. The Bertz CT molecular complexity index is 1050. The topological polar surface area (TPSA) is 65.4 Å². The Hall–Kier alpha value is -2.99. The summed E-state index contributed by atoms with van der Waals surface area (Å²) in [6.07, 6.45) is 0. The first-order valence-electron chi connectivity index (χ1n) is 8.21. The number of anilines is 1. The molecule has 130 valence electrons. The Morgan fingerprint density at radius 3 is 2.65 bits per heavy atom. The summed E-state index contributed by atoms with van der Waals surface area (Å²) in [4.78, 5) is 4.66. The van der Waals surface area contributed by atoms with Gasteiger partial charge >= 0.3 is 0 Å². The number of nitrogens with zero attached hydrogens (tertiary/aromatic N) is 3. The second-order valence-corrected chi connectivity index (χ2v) is 6.81. The number of hydrogen-bond acceptors (Lipinski definition) is 5. The highest BCUT2D eigenvalue weighted by Crippen LogP contribution is 2.32. The number of ether oxygens (including phenoxy) is 1. The van der Waals surface area contributed by atoms with Crippen molar-refractivity contribution in [2.24, 2.45) is 0 Å². The van der Waals surface area contributed by atoms with E-state index in [4.69, 9.17) is 15.6 Å². The van der Waals surface area contributed by atoms with Gasteiger partial charge in [-0.15, -0.1) is 0 Å². The summed E-state index contributed by atoms with van der Waals surface area (Å²) < 4.78 is 7.34. The van der Waals surface area contributed by atoms with Crippen LogP contribution in [0.15, 0.2) is 71.8 Å². The molecule has 5 nitrogen and oxygen atoms in total. The van der Waals surface area contributed by atoms with E-state index in [0.717, 1.165) is 27.7 Å². The maximum Gasteiger partial charge on any atom is 0.243 e. The molecule has 0 saturated carbocycles. The Morgan fingerprint density at radius 1 is 1.04 bits per heavy atom. The van der Waals surface area contributed by atoms with E-state index in [0.29, 0.717) is 11.6 Å². The molecule has 0 aliphatic heterocycles. The average molecular weight is 362 g/mol. The predicted octanol–water partition coefficient (Wildman–Crippen LogP) is 4.28. The van der Waals surface area contributed by atoms with Crippen LogP contribution in [0.1, 0.15) is 5.56 Å². The Kier molecular flexibility index (Phi) is 4.50. The molecule has 0 fully saturated rings. The van der Waals surface area contributed by atoms with E-state index in [1.807, 2.05) is 54.6 Å². The SMILES string of the molecule is COc1c(-c2cccc(N)c2)nc2ccc(SCc3ccccc3)nn12. The van der Waals surface area contributed by atoms with E-state index in [1.54, 1.807) is 23.4 Å². The number of imidazole rings is 1. The Labute approximate surface area is 155 Å². The molecule has 0 unspecified atom stereocenters. The van der Waals surface area contributed by atoms with Gasteiger partial charge in [-0.2, -0.15) is 9.61 Å². The zero-order valence-electron chi connectivity index (χ0n) is 14.3. The molecule has 26 heavy (non-hydrogen) atoms. The lowest BCUT2D eigenvalue weighted by Gasteiger charge is -2.05. The van der Waals surface area contributed by atoms with Crippen LogP contribution < -0.4 is 10.5 Å². The van der Waals surface area contributed by atoms with Crippen LogP contribution in [0, 0.1) is 0 Å².